The van der Waals surface area contributed by atoms with Gasteiger partial charge in [-0.3, -0.25) is 0 Å². The van der Waals surface area contributed by atoms with E-state index < -0.39 is 0 Å². The maximum Gasteiger partial charge on any atom is 0.235 e. The van der Waals surface area contributed by atoms with Gasteiger partial charge >= 0.3 is 0 Å². The van der Waals surface area contributed by atoms with E-state index in [1.54, 1.807) is 0 Å². The monoisotopic (exact) mass is 283 g/mol. The van der Waals surface area contributed by atoms with Gasteiger partial charge in [0.15, 0.2) is 5.82 Å². The number of aromatic nitrogens is 2. The quantitative estimate of drug-likeness (QED) is 0.919. The zero-order chi connectivity index (χ0) is 14.2. The van der Waals surface area contributed by atoms with Crippen LogP contribution < -0.4 is 5.32 Å². The van der Waals surface area contributed by atoms with Crippen molar-refractivity contribution in [3.8, 4) is 0 Å². The number of nitrogens with zero attached hydrogens (tertiary/aromatic N) is 2. The molecule has 4 rings (SSSR count). The van der Waals surface area contributed by atoms with Crippen LogP contribution in [0.3, 0.4) is 0 Å². The summed E-state index contributed by atoms with van der Waals surface area (Å²) in [5, 5.41) is 7.71. The van der Waals surface area contributed by atoms with E-state index in [1.165, 1.54) is 30.4 Å². The molecule has 21 heavy (non-hydrogen) atoms. The summed E-state index contributed by atoms with van der Waals surface area (Å²) in [5.41, 5.74) is 2.66. The lowest BCUT2D eigenvalue weighted by molar-refractivity contribution is 0.349. The van der Waals surface area contributed by atoms with Crippen molar-refractivity contribution in [1.29, 1.82) is 0 Å². The van der Waals surface area contributed by atoms with Crippen molar-refractivity contribution in [2.24, 2.45) is 5.92 Å². The van der Waals surface area contributed by atoms with Crippen LogP contribution in [0.5, 0.6) is 0 Å². The molecule has 4 heteroatoms. The van der Waals surface area contributed by atoms with E-state index in [0.717, 1.165) is 30.7 Å². The third-order valence-electron chi connectivity index (χ3n) is 4.91. The van der Waals surface area contributed by atoms with Crippen LogP contribution in [-0.4, -0.2) is 16.7 Å². The molecular formula is C17H21N3O. The number of fused-ring (bicyclic) bond motifs is 1. The predicted molar refractivity (Wildman–Crippen MR) is 80.0 cm³/mol. The van der Waals surface area contributed by atoms with Crippen molar-refractivity contribution in [1.82, 2.24) is 15.5 Å². The molecule has 0 radical (unpaired) electrons. The van der Waals surface area contributed by atoms with Gasteiger partial charge in [0.1, 0.15) is 0 Å². The highest BCUT2D eigenvalue weighted by Crippen LogP contribution is 2.37. The highest BCUT2D eigenvalue weighted by molar-refractivity contribution is 5.35. The van der Waals surface area contributed by atoms with Crippen molar-refractivity contribution in [2.45, 2.75) is 44.6 Å². The molecule has 2 aromatic rings. The summed E-state index contributed by atoms with van der Waals surface area (Å²) in [6.45, 7) is 4.11. The molecule has 1 N–H and O–H groups in total. The number of rotatable bonds is 2. The summed E-state index contributed by atoms with van der Waals surface area (Å²) in [6.07, 6.45) is 3.67. The van der Waals surface area contributed by atoms with Gasteiger partial charge in [0, 0.05) is 19.0 Å². The fourth-order valence-electron chi connectivity index (χ4n) is 3.71. The first-order chi connectivity index (χ1) is 10.3. The molecule has 1 aromatic carbocycles. The first-order valence-electron chi connectivity index (χ1n) is 7.93. The first kappa shape index (κ1) is 13.0. The van der Waals surface area contributed by atoms with Gasteiger partial charge in [-0.2, -0.15) is 4.98 Å². The summed E-state index contributed by atoms with van der Waals surface area (Å²) in [7, 11) is 0. The molecule has 2 aliphatic rings. The summed E-state index contributed by atoms with van der Waals surface area (Å²) in [4.78, 5) is 4.73. The zero-order valence-corrected chi connectivity index (χ0v) is 12.4. The molecule has 110 valence electrons. The Hall–Kier alpha value is -1.68. The molecule has 1 fully saturated rings. The second-order valence-corrected chi connectivity index (χ2v) is 6.49. The van der Waals surface area contributed by atoms with Crippen molar-refractivity contribution in [3.05, 3.63) is 47.1 Å². The van der Waals surface area contributed by atoms with Gasteiger partial charge in [-0.05, 0) is 36.3 Å². The largest absolute Gasteiger partial charge is 0.339 e. The molecule has 0 spiro atoms. The zero-order valence-electron chi connectivity index (χ0n) is 12.4. The number of benzene rings is 1. The van der Waals surface area contributed by atoms with Gasteiger partial charge in [0.05, 0.1) is 5.92 Å². The Labute approximate surface area is 124 Å². The minimum Gasteiger partial charge on any atom is -0.339 e. The molecule has 1 aliphatic heterocycles. The Bertz CT molecular complexity index is 636. The molecule has 0 bridgehead atoms. The van der Waals surface area contributed by atoms with Gasteiger partial charge in [-0.25, -0.2) is 0 Å². The maximum absolute atomic E-state index is 5.61. The SMILES string of the molecule is CC1CCC(c2noc(C3CNCc4ccccc43)n2)C1. The Morgan fingerprint density at radius 1 is 1.24 bits per heavy atom. The van der Waals surface area contributed by atoms with Crippen LogP contribution in [0.25, 0.3) is 0 Å². The van der Waals surface area contributed by atoms with Crippen molar-refractivity contribution in [2.75, 3.05) is 6.54 Å². The van der Waals surface area contributed by atoms with Crippen LogP contribution in [0.15, 0.2) is 28.8 Å². The molecule has 4 nitrogen and oxygen atoms in total. The van der Waals surface area contributed by atoms with Gasteiger partial charge in [-0.15, -0.1) is 0 Å². The van der Waals surface area contributed by atoms with Crippen LogP contribution in [0.1, 0.15) is 60.9 Å². The third kappa shape index (κ3) is 2.38. The summed E-state index contributed by atoms with van der Waals surface area (Å²) < 4.78 is 5.61. The van der Waals surface area contributed by atoms with E-state index in [4.69, 9.17) is 9.51 Å². The number of hydrogen-bond donors (Lipinski definition) is 1. The minimum atomic E-state index is 0.190. The lowest BCUT2D eigenvalue weighted by atomic mass is 9.91. The molecule has 1 saturated carbocycles. The van der Waals surface area contributed by atoms with Gasteiger partial charge in [0.25, 0.3) is 0 Å². The normalized spacial score (nSPS) is 28.5. The minimum absolute atomic E-state index is 0.190. The average molecular weight is 283 g/mol. The van der Waals surface area contributed by atoms with Crippen molar-refractivity contribution < 1.29 is 4.52 Å². The first-order valence-corrected chi connectivity index (χ1v) is 7.93. The highest BCUT2D eigenvalue weighted by atomic mass is 16.5. The van der Waals surface area contributed by atoms with Gasteiger partial charge in [-0.1, -0.05) is 36.3 Å². The molecule has 2 heterocycles. The second kappa shape index (κ2) is 5.26. The smallest absolute Gasteiger partial charge is 0.235 e. The van der Waals surface area contributed by atoms with Gasteiger partial charge < -0.3 is 9.84 Å². The maximum atomic E-state index is 5.61. The standard InChI is InChI=1S/C17H21N3O/c1-11-6-7-12(8-11)16-19-17(21-20-16)15-10-18-9-13-4-2-3-5-14(13)15/h2-5,11-12,15,18H,6-10H2,1H3. The molecule has 3 atom stereocenters. The second-order valence-electron chi connectivity index (χ2n) is 6.49. The van der Waals surface area contributed by atoms with Crippen molar-refractivity contribution in [3.63, 3.8) is 0 Å². The van der Waals surface area contributed by atoms with Crippen LogP contribution in [0.4, 0.5) is 0 Å². The molecule has 3 unspecified atom stereocenters. The third-order valence-corrected chi connectivity index (χ3v) is 4.91. The van der Waals surface area contributed by atoms with Crippen LogP contribution >= 0.6 is 0 Å². The van der Waals surface area contributed by atoms with Crippen LogP contribution in [0.2, 0.25) is 0 Å². The summed E-state index contributed by atoms with van der Waals surface area (Å²) >= 11 is 0. The van der Waals surface area contributed by atoms with E-state index in [1.807, 2.05) is 0 Å². The molecule has 0 amide bonds. The Balaban J connectivity index is 1.62. The molecule has 1 aromatic heterocycles. The average Bonchev–Trinajstić information content (AvgIpc) is 3.15. The summed E-state index contributed by atoms with van der Waals surface area (Å²) in [6, 6.07) is 8.53. The van der Waals surface area contributed by atoms with E-state index in [2.05, 4.69) is 41.7 Å². The fraction of sp³-hybridized carbons (Fsp3) is 0.529. The van der Waals surface area contributed by atoms with Crippen LogP contribution in [0, 0.1) is 5.92 Å². The van der Waals surface area contributed by atoms with E-state index in [0.29, 0.717) is 5.92 Å². The van der Waals surface area contributed by atoms with Gasteiger partial charge in [0.2, 0.25) is 5.89 Å². The van der Waals surface area contributed by atoms with Crippen LogP contribution in [-0.2, 0) is 6.54 Å². The number of nitrogens with one attached hydrogen (secondary N) is 1. The molecule has 0 saturated heterocycles. The number of hydrogen-bond acceptors (Lipinski definition) is 4. The fourth-order valence-corrected chi connectivity index (χ4v) is 3.71. The lowest BCUT2D eigenvalue weighted by Gasteiger charge is -2.23. The topological polar surface area (TPSA) is 51.0 Å². The summed E-state index contributed by atoms with van der Waals surface area (Å²) in [5.74, 6) is 3.15. The van der Waals surface area contributed by atoms with Crippen molar-refractivity contribution >= 4 is 0 Å². The van der Waals surface area contributed by atoms with E-state index >= 15 is 0 Å². The Morgan fingerprint density at radius 2 is 2.14 bits per heavy atom. The predicted octanol–water partition coefficient (Wildman–Crippen LogP) is 3.21. The Kier molecular flexibility index (Phi) is 3.26. The molecular weight excluding hydrogens is 262 g/mol. The lowest BCUT2D eigenvalue weighted by Crippen LogP contribution is -2.28. The molecule has 1 aliphatic carbocycles. The highest BCUT2D eigenvalue weighted by Gasteiger charge is 2.30. The van der Waals surface area contributed by atoms with E-state index in [-0.39, 0.29) is 5.92 Å². The Morgan fingerprint density at radius 3 is 3.00 bits per heavy atom. The van der Waals surface area contributed by atoms with E-state index in [9.17, 15) is 0 Å².